The number of carbonyl (C=O) groups is 2. The third kappa shape index (κ3) is 1.37. The van der Waals surface area contributed by atoms with Gasteiger partial charge in [0.15, 0.2) is 11.4 Å². The van der Waals surface area contributed by atoms with E-state index < -0.39 is 23.3 Å². The fourth-order valence-electron chi connectivity index (χ4n) is 0.969. The topological polar surface area (TPSA) is 152 Å². The Morgan fingerprint density at radius 1 is 0.812 bits per heavy atom. The molecule has 16 heavy (non-hydrogen) atoms. The van der Waals surface area contributed by atoms with Crippen molar-refractivity contribution in [3.63, 3.8) is 0 Å². The molecule has 0 amide bonds. The maximum absolute atomic E-state index is 10.7. The highest BCUT2D eigenvalue weighted by Gasteiger charge is 2.28. The molecule has 0 aliphatic heterocycles. The molecule has 0 fully saturated rings. The van der Waals surface area contributed by atoms with Crippen LogP contribution in [-0.4, -0.2) is 42.8 Å². The quantitative estimate of drug-likeness (QED) is 0.700. The summed E-state index contributed by atoms with van der Waals surface area (Å²) in [6.07, 6.45) is 0. The van der Waals surface area contributed by atoms with Gasteiger partial charge in [0.1, 0.15) is 0 Å². The van der Waals surface area contributed by atoms with Gasteiger partial charge in [-0.2, -0.15) is 0 Å². The van der Waals surface area contributed by atoms with Crippen molar-refractivity contribution in [1.29, 1.82) is 0 Å². The fraction of sp³-hybridized carbons (Fsp3) is 0. The van der Waals surface area contributed by atoms with Crippen molar-refractivity contribution < 1.29 is 29.1 Å². The maximum Gasteiger partial charge on any atom is 0.360 e. The highest BCUT2D eigenvalue weighted by molar-refractivity contribution is 5.97. The summed E-state index contributed by atoms with van der Waals surface area (Å²) in [4.78, 5) is 21.3. The van der Waals surface area contributed by atoms with Crippen molar-refractivity contribution in [2.45, 2.75) is 0 Å². The van der Waals surface area contributed by atoms with Gasteiger partial charge in [-0.3, -0.25) is 0 Å². The first kappa shape index (κ1) is 9.76. The van der Waals surface area contributed by atoms with Gasteiger partial charge in [0.05, 0.1) is 0 Å². The number of rotatable bonds is 3. The molecule has 0 spiro atoms. The van der Waals surface area contributed by atoms with E-state index in [1.54, 1.807) is 0 Å². The number of hydrogen-bond acceptors (Lipinski definition) is 8. The van der Waals surface area contributed by atoms with Crippen molar-refractivity contribution in [2.75, 3.05) is 0 Å². The van der Waals surface area contributed by atoms with Crippen LogP contribution < -0.4 is 0 Å². The lowest BCUT2D eigenvalue weighted by molar-refractivity contribution is 0.0672. The van der Waals surface area contributed by atoms with Crippen molar-refractivity contribution in [1.82, 2.24) is 20.6 Å². The summed E-state index contributed by atoms with van der Waals surface area (Å²) < 4.78 is 8.36. The zero-order chi connectivity index (χ0) is 11.7. The summed E-state index contributed by atoms with van der Waals surface area (Å²) in [6, 6.07) is 0. The molecule has 82 valence electrons. The van der Waals surface area contributed by atoms with Crippen LogP contribution in [0.5, 0.6) is 0 Å². The summed E-state index contributed by atoms with van der Waals surface area (Å²) in [5.74, 6) is -2.87. The van der Waals surface area contributed by atoms with E-state index in [4.69, 9.17) is 10.2 Å². The monoisotopic (exact) mass is 226 g/mol. The highest BCUT2D eigenvalue weighted by Crippen LogP contribution is 2.21. The average molecular weight is 226 g/mol. The van der Waals surface area contributed by atoms with E-state index in [0.29, 0.717) is 0 Å². The lowest BCUT2D eigenvalue weighted by atomic mass is 10.2. The molecule has 2 aromatic heterocycles. The van der Waals surface area contributed by atoms with E-state index in [2.05, 4.69) is 29.9 Å². The Labute approximate surface area is 85.4 Å². The molecular weight excluding hydrogens is 224 g/mol. The second kappa shape index (κ2) is 3.42. The van der Waals surface area contributed by atoms with Crippen LogP contribution in [0.15, 0.2) is 9.26 Å². The number of carboxylic acids is 2. The van der Waals surface area contributed by atoms with Crippen LogP contribution in [-0.2, 0) is 0 Å². The van der Waals surface area contributed by atoms with Crippen LogP contribution in [0.1, 0.15) is 21.0 Å². The van der Waals surface area contributed by atoms with Gasteiger partial charge < -0.3 is 10.2 Å². The molecule has 0 atom stereocenters. The molecule has 0 bridgehead atoms. The molecule has 0 aliphatic carbocycles. The van der Waals surface area contributed by atoms with Gasteiger partial charge in [0.2, 0.25) is 11.4 Å². The Morgan fingerprint density at radius 2 is 1.19 bits per heavy atom. The Hall–Kier alpha value is -2.78. The number of aromatic carboxylic acids is 2. The number of aromatic nitrogens is 4. The van der Waals surface area contributed by atoms with E-state index in [1.807, 2.05) is 0 Å². The summed E-state index contributed by atoms with van der Waals surface area (Å²) in [6.45, 7) is 0. The summed E-state index contributed by atoms with van der Waals surface area (Å²) in [7, 11) is 0. The van der Waals surface area contributed by atoms with Gasteiger partial charge in [-0.15, -0.1) is 0 Å². The second-order valence-corrected chi connectivity index (χ2v) is 2.53. The van der Waals surface area contributed by atoms with Crippen LogP contribution in [0.2, 0.25) is 0 Å². The Bertz CT molecular complexity index is 507. The van der Waals surface area contributed by atoms with E-state index >= 15 is 0 Å². The molecule has 10 heteroatoms. The molecule has 0 radical (unpaired) electrons. The molecule has 0 aromatic carbocycles. The first-order chi connectivity index (χ1) is 7.61. The van der Waals surface area contributed by atoms with Crippen molar-refractivity contribution in [2.24, 2.45) is 0 Å². The molecular formula is C6H2N4O6. The summed E-state index contributed by atoms with van der Waals surface area (Å²) in [5, 5.41) is 30.0. The molecule has 2 aromatic rings. The second-order valence-electron chi connectivity index (χ2n) is 2.53. The van der Waals surface area contributed by atoms with Crippen LogP contribution in [0.25, 0.3) is 11.4 Å². The zero-order valence-electron chi connectivity index (χ0n) is 7.32. The van der Waals surface area contributed by atoms with Crippen molar-refractivity contribution >= 4 is 11.9 Å². The SMILES string of the molecule is O=C(O)c1nonc1-c1nonc1C(=O)O. The normalized spacial score (nSPS) is 10.2. The first-order valence-electron chi connectivity index (χ1n) is 3.73. The van der Waals surface area contributed by atoms with Gasteiger partial charge in [-0.25, -0.2) is 18.8 Å². The lowest BCUT2D eigenvalue weighted by Crippen LogP contribution is -2.03. The number of hydrogen-bond donors (Lipinski definition) is 2. The standard InChI is InChI=1S/C6H2N4O6/c11-5(12)3-1(7-15-9-3)2-4(6(13)14)10-16-8-2/h(H,11,12)(H,13,14). The predicted molar refractivity (Wildman–Crippen MR) is 41.5 cm³/mol. The van der Waals surface area contributed by atoms with Gasteiger partial charge in [-0.1, -0.05) is 0 Å². The Balaban J connectivity index is 2.59. The summed E-state index contributed by atoms with van der Waals surface area (Å²) >= 11 is 0. The van der Waals surface area contributed by atoms with Crippen LogP contribution in [0.4, 0.5) is 0 Å². The van der Waals surface area contributed by atoms with E-state index in [9.17, 15) is 9.59 Å². The third-order valence-electron chi connectivity index (χ3n) is 1.61. The van der Waals surface area contributed by atoms with Gasteiger partial charge >= 0.3 is 11.9 Å². The van der Waals surface area contributed by atoms with Crippen LogP contribution >= 0.6 is 0 Å². The van der Waals surface area contributed by atoms with Gasteiger partial charge in [0, 0.05) is 0 Å². The maximum atomic E-state index is 10.7. The Kier molecular flexibility index (Phi) is 2.08. The van der Waals surface area contributed by atoms with Gasteiger partial charge in [-0.05, 0) is 20.6 Å². The molecule has 2 heterocycles. The van der Waals surface area contributed by atoms with Crippen molar-refractivity contribution in [3.8, 4) is 11.4 Å². The van der Waals surface area contributed by atoms with E-state index in [1.165, 1.54) is 0 Å². The number of carboxylic acid groups (broad SMARTS) is 2. The largest absolute Gasteiger partial charge is 0.476 e. The molecule has 0 aliphatic rings. The molecule has 0 saturated heterocycles. The van der Waals surface area contributed by atoms with Crippen LogP contribution in [0, 0.1) is 0 Å². The minimum atomic E-state index is -1.43. The molecule has 10 nitrogen and oxygen atoms in total. The van der Waals surface area contributed by atoms with Gasteiger partial charge in [0.25, 0.3) is 0 Å². The minimum Gasteiger partial charge on any atom is -0.476 e. The van der Waals surface area contributed by atoms with E-state index in [-0.39, 0.29) is 11.4 Å². The molecule has 2 rings (SSSR count). The lowest BCUT2D eigenvalue weighted by Gasteiger charge is -1.89. The third-order valence-corrected chi connectivity index (χ3v) is 1.61. The first-order valence-corrected chi connectivity index (χ1v) is 3.73. The fourth-order valence-corrected chi connectivity index (χ4v) is 0.969. The van der Waals surface area contributed by atoms with Crippen LogP contribution in [0.3, 0.4) is 0 Å². The molecule has 2 N–H and O–H groups in total. The molecule has 0 saturated carbocycles. The average Bonchev–Trinajstić information content (AvgIpc) is 2.85. The molecule has 0 unspecified atom stereocenters. The minimum absolute atomic E-state index is 0.355. The predicted octanol–water partition coefficient (Wildman–Crippen LogP) is -0.484. The number of nitrogens with zero attached hydrogens (tertiary/aromatic N) is 4. The Morgan fingerprint density at radius 3 is 1.50 bits per heavy atom. The highest BCUT2D eigenvalue weighted by atomic mass is 16.6. The summed E-state index contributed by atoms with van der Waals surface area (Å²) in [5.41, 5.74) is -1.85. The van der Waals surface area contributed by atoms with E-state index in [0.717, 1.165) is 0 Å². The van der Waals surface area contributed by atoms with Crippen molar-refractivity contribution in [3.05, 3.63) is 11.4 Å². The zero-order valence-corrected chi connectivity index (χ0v) is 7.32. The smallest absolute Gasteiger partial charge is 0.360 e.